The van der Waals surface area contributed by atoms with Crippen molar-refractivity contribution in [2.75, 3.05) is 6.61 Å². The Morgan fingerprint density at radius 3 is 2.50 bits per heavy atom. The molecule has 0 N–H and O–H groups in total. The van der Waals surface area contributed by atoms with Crippen LogP contribution in [0.15, 0.2) is 0 Å². The zero-order valence-electron chi connectivity index (χ0n) is 9.04. The van der Waals surface area contributed by atoms with E-state index in [1.165, 1.54) is 0 Å². The van der Waals surface area contributed by atoms with Crippen LogP contribution in [0.25, 0.3) is 0 Å². The molecule has 3 heteroatoms. The predicted octanol–water partition coefficient (Wildman–Crippen LogP) is 2.25. The van der Waals surface area contributed by atoms with E-state index < -0.39 is 11.9 Å². The number of unbranched alkanes of at least 4 members (excludes halogenated alkanes) is 3. The Kier molecular flexibility index (Phi) is 8.19. The Morgan fingerprint density at radius 2 is 2.00 bits per heavy atom. The van der Waals surface area contributed by atoms with Gasteiger partial charge in [-0.25, -0.2) is 0 Å². The second-order valence-corrected chi connectivity index (χ2v) is 3.27. The van der Waals surface area contributed by atoms with Crippen molar-refractivity contribution in [3.8, 4) is 0 Å². The van der Waals surface area contributed by atoms with Crippen LogP contribution in [0.4, 0.5) is 0 Å². The monoisotopic (exact) mass is 199 g/mol. The molecule has 0 fully saturated rings. The minimum absolute atomic E-state index is 0.325. The van der Waals surface area contributed by atoms with Gasteiger partial charge in [0.2, 0.25) is 6.29 Å². The maximum absolute atomic E-state index is 11.2. The Labute approximate surface area is 85.8 Å². The molecule has 0 heterocycles. The second-order valence-electron chi connectivity index (χ2n) is 3.27. The van der Waals surface area contributed by atoms with Crippen LogP contribution >= 0.6 is 0 Å². The third-order valence-electron chi connectivity index (χ3n) is 2.06. The average molecular weight is 199 g/mol. The number of hydrogen-bond acceptors (Lipinski definition) is 3. The maximum atomic E-state index is 11.2. The topological polar surface area (TPSA) is 43.4 Å². The minimum Gasteiger partial charge on any atom is -0.465 e. The summed E-state index contributed by atoms with van der Waals surface area (Å²) in [5.41, 5.74) is 0. The lowest BCUT2D eigenvalue weighted by molar-refractivity contribution is -0.145. The summed E-state index contributed by atoms with van der Waals surface area (Å²) in [7, 11) is 0. The largest absolute Gasteiger partial charge is 0.465 e. The molecular weight excluding hydrogens is 180 g/mol. The van der Waals surface area contributed by atoms with Crippen LogP contribution in [0.3, 0.4) is 0 Å². The molecule has 1 unspecified atom stereocenters. The first kappa shape index (κ1) is 13.1. The molecule has 0 aliphatic carbocycles. The van der Waals surface area contributed by atoms with Gasteiger partial charge >= 0.3 is 5.97 Å². The number of carbonyl (C=O) groups is 1. The van der Waals surface area contributed by atoms with Crippen molar-refractivity contribution in [3.05, 3.63) is 0 Å². The summed E-state index contributed by atoms with van der Waals surface area (Å²) in [6.45, 7) is 4.18. The van der Waals surface area contributed by atoms with E-state index in [0.717, 1.165) is 25.7 Å². The van der Waals surface area contributed by atoms with Gasteiger partial charge in [0.05, 0.1) is 6.61 Å². The first-order valence-corrected chi connectivity index (χ1v) is 5.30. The summed E-state index contributed by atoms with van der Waals surface area (Å²) in [5, 5.41) is 0. The quantitative estimate of drug-likeness (QED) is 0.342. The van der Waals surface area contributed by atoms with Gasteiger partial charge in [-0.15, -0.1) is 0 Å². The fraction of sp³-hybridized carbons (Fsp3) is 0.818. The summed E-state index contributed by atoms with van der Waals surface area (Å²) >= 11 is 0. The van der Waals surface area contributed by atoms with Crippen molar-refractivity contribution >= 4 is 12.3 Å². The van der Waals surface area contributed by atoms with Crippen LogP contribution in [0.1, 0.15) is 46.0 Å². The fourth-order valence-electron chi connectivity index (χ4n) is 1.24. The molecule has 0 aromatic heterocycles. The molecule has 0 rings (SSSR count). The highest BCUT2D eigenvalue weighted by Crippen LogP contribution is 2.10. The van der Waals surface area contributed by atoms with E-state index >= 15 is 0 Å². The average Bonchev–Trinajstić information content (AvgIpc) is 2.18. The minimum atomic E-state index is -0.674. The van der Waals surface area contributed by atoms with E-state index in [2.05, 4.69) is 6.92 Å². The molecule has 14 heavy (non-hydrogen) atoms. The Bertz CT molecular complexity index is 166. The SMILES string of the molecule is CCCCCCC([C]=O)C(=O)OCC. The number of ether oxygens (including phenoxy) is 1. The molecule has 0 aromatic rings. The fourth-order valence-corrected chi connectivity index (χ4v) is 1.24. The van der Waals surface area contributed by atoms with Crippen LogP contribution in [0.2, 0.25) is 0 Å². The lowest BCUT2D eigenvalue weighted by Crippen LogP contribution is -2.18. The van der Waals surface area contributed by atoms with Crippen LogP contribution in [-0.2, 0) is 14.3 Å². The van der Waals surface area contributed by atoms with E-state index in [9.17, 15) is 9.59 Å². The standard InChI is InChI=1S/C11H19O3/c1-3-5-6-7-8-10(9-12)11(13)14-4-2/h10H,3-8H2,1-2H3. The Balaban J connectivity index is 3.67. The van der Waals surface area contributed by atoms with Crippen LogP contribution in [-0.4, -0.2) is 18.9 Å². The predicted molar refractivity (Wildman–Crippen MR) is 54.6 cm³/mol. The zero-order chi connectivity index (χ0) is 10.8. The van der Waals surface area contributed by atoms with Crippen LogP contribution in [0, 0.1) is 5.92 Å². The smallest absolute Gasteiger partial charge is 0.316 e. The van der Waals surface area contributed by atoms with Crippen molar-refractivity contribution < 1.29 is 14.3 Å². The van der Waals surface area contributed by atoms with Crippen molar-refractivity contribution in [2.45, 2.75) is 46.0 Å². The van der Waals surface area contributed by atoms with Gasteiger partial charge in [-0.3, -0.25) is 9.59 Å². The van der Waals surface area contributed by atoms with Gasteiger partial charge in [0.1, 0.15) is 5.92 Å². The Hall–Kier alpha value is -0.860. The van der Waals surface area contributed by atoms with Gasteiger partial charge < -0.3 is 4.74 Å². The highest BCUT2D eigenvalue weighted by Gasteiger charge is 2.18. The van der Waals surface area contributed by atoms with Crippen molar-refractivity contribution in [1.82, 2.24) is 0 Å². The summed E-state index contributed by atoms with van der Waals surface area (Å²) in [6.07, 6.45) is 6.56. The van der Waals surface area contributed by atoms with E-state index in [-0.39, 0.29) is 0 Å². The molecule has 81 valence electrons. The number of esters is 1. The van der Waals surface area contributed by atoms with Gasteiger partial charge in [0.25, 0.3) is 0 Å². The number of hydrogen-bond donors (Lipinski definition) is 0. The number of rotatable bonds is 8. The van der Waals surface area contributed by atoms with E-state index in [4.69, 9.17) is 4.74 Å². The first-order chi connectivity index (χ1) is 6.76. The van der Waals surface area contributed by atoms with Crippen LogP contribution in [0.5, 0.6) is 0 Å². The lowest BCUT2D eigenvalue weighted by atomic mass is 10.0. The summed E-state index contributed by atoms with van der Waals surface area (Å²) in [5.74, 6) is -1.11. The molecule has 0 amide bonds. The van der Waals surface area contributed by atoms with Crippen molar-refractivity contribution in [1.29, 1.82) is 0 Å². The van der Waals surface area contributed by atoms with Gasteiger partial charge in [-0.05, 0) is 13.3 Å². The molecule has 3 nitrogen and oxygen atoms in total. The molecule has 0 spiro atoms. The lowest BCUT2D eigenvalue weighted by Gasteiger charge is -2.07. The molecular formula is C11H19O3. The molecule has 0 bridgehead atoms. The summed E-state index contributed by atoms with van der Waals surface area (Å²) in [6, 6.07) is 0. The van der Waals surface area contributed by atoms with Crippen molar-refractivity contribution in [2.24, 2.45) is 5.92 Å². The molecule has 1 radical (unpaired) electrons. The summed E-state index contributed by atoms with van der Waals surface area (Å²) in [4.78, 5) is 21.6. The maximum Gasteiger partial charge on any atom is 0.316 e. The highest BCUT2D eigenvalue weighted by atomic mass is 16.5. The third kappa shape index (κ3) is 5.73. The highest BCUT2D eigenvalue weighted by molar-refractivity contribution is 5.87. The van der Waals surface area contributed by atoms with Gasteiger partial charge in [0.15, 0.2) is 0 Å². The normalized spacial score (nSPS) is 12.1. The molecule has 0 aromatic carbocycles. The van der Waals surface area contributed by atoms with Crippen LogP contribution < -0.4 is 0 Å². The summed E-state index contributed by atoms with van der Waals surface area (Å²) < 4.78 is 4.75. The van der Waals surface area contributed by atoms with Gasteiger partial charge in [-0.1, -0.05) is 32.6 Å². The van der Waals surface area contributed by atoms with E-state index in [0.29, 0.717) is 13.0 Å². The molecule has 0 saturated heterocycles. The van der Waals surface area contributed by atoms with Gasteiger partial charge in [0, 0.05) is 0 Å². The van der Waals surface area contributed by atoms with E-state index in [1.807, 2.05) is 0 Å². The molecule has 0 aliphatic rings. The van der Waals surface area contributed by atoms with Gasteiger partial charge in [-0.2, -0.15) is 0 Å². The second kappa shape index (κ2) is 8.73. The molecule has 0 aliphatic heterocycles. The molecule has 1 atom stereocenters. The zero-order valence-corrected chi connectivity index (χ0v) is 9.04. The van der Waals surface area contributed by atoms with Crippen molar-refractivity contribution in [3.63, 3.8) is 0 Å². The molecule has 0 saturated carbocycles. The number of carbonyl (C=O) groups excluding carboxylic acids is 2. The Morgan fingerprint density at radius 1 is 1.29 bits per heavy atom. The van der Waals surface area contributed by atoms with E-state index in [1.54, 1.807) is 13.2 Å². The first-order valence-electron chi connectivity index (χ1n) is 5.30. The third-order valence-corrected chi connectivity index (χ3v) is 2.06.